The first-order valence-corrected chi connectivity index (χ1v) is 9.08. The predicted molar refractivity (Wildman–Crippen MR) is 87.7 cm³/mol. The summed E-state index contributed by atoms with van der Waals surface area (Å²) in [7, 11) is 0. The molecule has 4 rings (SSSR count). The molecule has 0 N–H and O–H groups in total. The quantitative estimate of drug-likeness (QED) is 0.847. The number of carbonyl (C=O) groups is 1. The summed E-state index contributed by atoms with van der Waals surface area (Å²) in [5, 5.41) is 2.99. The number of hydrogen-bond acceptors (Lipinski definition) is 3. The molecule has 120 valence electrons. The van der Waals surface area contributed by atoms with E-state index >= 15 is 0 Å². The van der Waals surface area contributed by atoms with Gasteiger partial charge in [-0.1, -0.05) is 18.2 Å². The van der Waals surface area contributed by atoms with E-state index in [1.165, 1.54) is 6.07 Å². The number of hydrogen-bond donors (Lipinski definition) is 0. The van der Waals surface area contributed by atoms with Crippen molar-refractivity contribution in [2.45, 2.75) is 37.6 Å². The maximum atomic E-state index is 13.9. The van der Waals surface area contributed by atoms with Crippen LogP contribution >= 0.6 is 11.3 Å². The molecule has 5 heteroatoms. The highest BCUT2D eigenvalue weighted by atomic mass is 32.1. The average molecular weight is 330 g/mol. The topological polar surface area (TPSA) is 33.2 Å². The number of benzene rings is 1. The Labute approximate surface area is 139 Å². The average Bonchev–Trinajstić information content (AvgIpc) is 3.18. The molecule has 23 heavy (non-hydrogen) atoms. The van der Waals surface area contributed by atoms with Crippen LogP contribution in [0.5, 0.6) is 0 Å². The first-order valence-electron chi connectivity index (χ1n) is 8.20. The van der Waals surface area contributed by atoms with Crippen LogP contribution in [0.25, 0.3) is 0 Å². The molecule has 0 unspecified atom stereocenters. The minimum absolute atomic E-state index is 0.0440. The van der Waals surface area contributed by atoms with E-state index in [-0.39, 0.29) is 29.6 Å². The second-order valence-corrected chi connectivity index (χ2v) is 7.31. The van der Waals surface area contributed by atoms with Crippen molar-refractivity contribution in [2.75, 3.05) is 6.54 Å². The highest BCUT2D eigenvalue weighted by Crippen LogP contribution is 2.50. The van der Waals surface area contributed by atoms with Crippen molar-refractivity contribution in [2.24, 2.45) is 5.92 Å². The Morgan fingerprint density at radius 1 is 1.30 bits per heavy atom. The number of carbonyl (C=O) groups excluding carboxylic acids is 1. The van der Waals surface area contributed by atoms with E-state index in [9.17, 15) is 9.18 Å². The van der Waals surface area contributed by atoms with Gasteiger partial charge in [0.25, 0.3) is 0 Å². The maximum absolute atomic E-state index is 13.9. The Morgan fingerprint density at radius 3 is 2.96 bits per heavy atom. The molecule has 0 spiro atoms. The van der Waals surface area contributed by atoms with Gasteiger partial charge in [-0.2, -0.15) is 0 Å². The molecule has 0 bridgehead atoms. The molecule has 1 aromatic carbocycles. The number of amides is 1. The molecule has 1 aliphatic heterocycles. The van der Waals surface area contributed by atoms with Crippen LogP contribution in [0.3, 0.4) is 0 Å². The number of aromatic nitrogens is 1. The van der Waals surface area contributed by atoms with Gasteiger partial charge < -0.3 is 4.90 Å². The minimum atomic E-state index is -0.192. The molecular formula is C18H19FN2OS. The Balaban J connectivity index is 1.51. The molecule has 3 nitrogen and oxygen atoms in total. The van der Waals surface area contributed by atoms with Crippen LogP contribution in [-0.4, -0.2) is 22.3 Å². The van der Waals surface area contributed by atoms with Crippen LogP contribution in [0.4, 0.5) is 4.39 Å². The fourth-order valence-electron chi connectivity index (χ4n) is 3.65. The lowest BCUT2D eigenvalue weighted by Crippen LogP contribution is -2.39. The maximum Gasteiger partial charge on any atom is 0.226 e. The standard InChI is InChI=1S/C18H19FN2OS/c19-15-6-2-1-5-12(15)13-11-14(13)18(22)21-9-4-3-7-16(21)17-20-8-10-23-17/h1-2,5-6,8,10,13-14,16H,3-4,7,9,11H2/t13-,14+,16-/m0/s1. The lowest BCUT2D eigenvalue weighted by molar-refractivity contribution is -0.136. The highest BCUT2D eigenvalue weighted by molar-refractivity contribution is 7.09. The zero-order valence-corrected chi connectivity index (χ0v) is 13.6. The van der Waals surface area contributed by atoms with Gasteiger partial charge in [-0.05, 0) is 43.2 Å². The van der Waals surface area contributed by atoms with E-state index in [4.69, 9.17) is 0 Å². The Morgan fingerprint density at radius 2 is 2.17 bits per heavy atom. The zero-order valence-electron chi connectivity index (χ0n) is 12.8. The van der Waals surface area contributed by atoms with Gasteiger partial charge in [0, 0.05) is 24.0 Å². The Bertz CT molecular complexity index is 703. The summed E-state index contributed by atoms with van der Waals surface area (Å²) in [4.78, 5) is 19.3. The summed E-state index contributed by atoms with van der Waals surface area (Å²) in [6.07, 6.45) is 5.73. The van der Waals surface area contributed by atoms with Crippen molar-refractivity contribution in [3.05, 3.63) is 52.2 Å². The number of nitrogens with zero attached hydrogens (tertiary/aromatic N) is 2. The van der Waals surface area contributed by atoms with Crippen molar-refractivity contribution in [3.8, 4) is 0 Å². The van der Waals surface area contributed by atoms with Crippen LogP contribution in [0.15, 0.2) is 35.8 Å². The van der Waals surface area contributed by atoms with Gasteiger partial charge in [0.2, 0.25) is 5.91 Å². The number of piperidine rings is 1. The summed E-state index contributed by atoms with van der Waals surface area (Å²) in [6.45, 7) is 0.795. The van der Waals surface area contributed by atoms with E-state index in [0.717, 1.165) is 37.2 Å². The van der Waals surface area contributed by atoms with Gasteiger partial charge in [-0.15, -0.1) is 11.3 Å². The SMILES string of the molecule is O=C([C@@H]1C[C@H]1c1ccccc1F)N1CCCC[C@H]1c1nccs1. The smallest absolute Gasteiger partial charge is 0.226 e. The molecule has 2 aliphatic rings. The monoisotopic (exact) mass is 330 g/mol. The van der Waals surface area contributed by atoms with Gasteiger partial charge in [-0.25, -0.2) is 9.37 Å². The minimum Gasteiger partial charge on any atom is -0.333 e. The Kier molecular flexibility index (Phi) is 3.89. The predicted octanol–water partition coefficient (Wildman–Crippen LogP) is 4.14. The second kappa shape index (κ2) is 6.04. The van der Waals surface area contributed by atoms with Crippen molar-refractivity contribution < 1.29 is 9.18 Å². The summed E-state index contributed by atoms with van der Waals surface area (Å²) in [5.41, 5.74) is 0.689. The summed E-state index contributed by atoms with van der Waals surface area (Å²) in [6, 6.07) is 6.94. The molecule has 0 radical (unpaired) electrons. The van der Waals surface area contributed by atoms with Crippen molar-refractivity contribution in [3.63, 3.8) is 0 Å². The van der Waals surface area contributed by atoms with E-state index < -0.39 is 0 Å². The normalized spacial score (nSPS) is 27.0. The van der Waals surface area contributed by atoms with Crippen LogP contribution in [0, 0.1) is 11.7 Å². The van der Waals surface area contributed by atoms with Crippen molar-refractivity contribution in [1.82, 2.24) is 9.88 Å². The third-order valence-electron chi connectivity index (χ3n) is 4.93. The van der Waals surface area contributed by atoms with E-state index in [1.54, 1.807) is 23.6 Å². The van der Waals surface area contributed by atoms with E-state index in [1.807, 2.05) is 22.4 Å². The molecule has 1 amide bonds. The third kappa shape index (κ3) is 2.78. The van der Waals surface area contributed by atoms with Crippen LogP contribution in [-0.2, 0) is 4.79 Å². The van der Waals surface area contributed by atoms with E-state index in [2.05, 4.69) is 4.98 Å². The number of likely N-dealkylation sites (tertiary alicyclic amines) is 1. The molecule has 2 heterocycles. The second-order valence-electron chi connectivity index (χ2n) is 6.38. The Hall–Kier alpha value is -1.75. The largest absolute Gasteiger partial charge is 0.333 e. The van der Waals surface area contributed by atoms with Crippen LogP contribution < -0.4 is 0 Å². The molecule has 2 fully saturated rings. The summed E-state index contributed by atoms with van der Waals surface area (Å²) >= 11 is 1.62. The van der Waals surface area contributed by atoms with E-state index in [0.29, 0.717) is 5.56 Å². The summed E-state index contributed by atoms with van der Waals surface area (Å²) < 4.78 is 13.9. The molecule has 1 aliphatic carbocycles. The fourth-order valence-corrected chi connectivity index (χ4v) is 4.44. The van der Waals surface area contributed by atoms with Crippen LogP contribution in [0.2, 0.25) is 0 Å². The van der Waals surface area contributed by atoms with Gasteiger partial charge in [0.15, 0.2) is 0 Å². The molecule has 1 saturated heterocycles. The van der Waals surface area contributed by atoms with Gasteiger partial charge in [-0.3, -0.25) is 4.79 Å². The van der Waals surface area contributed by atoms with Crippen molar-refractivity contribution in [1.29, 1.82) is 0 Å². The fraction of sp³-hybridized carbons (Fsp3) is 0.444. The summed E-state index contributed by atoms with van der Waals surface area (Å²) in [5.74, 6) is -0.0314. The highest BCUT2D eigenvalue weighted by Gasteiger charge is 2.48. The first kappa shape index (κ1) is 14.8. The van der Waals surface area contributed by atoms with Gasteiger partial charge >= 0.3 is 0 Å². The molecule has 3 atom stereocenters. The zero-order chi connectivity index (χ0) is 15.8. The lowest BCUT2D eigenvalue weighted by atomic mass is 10.0. The first-order chi connectivity index (χ1) is 11.3. The molecule has 2 aromatic rings. The van der Waals surface area contributed by atoms with Gasteiger partial charge in [0.1, 0.15) is 10.8 Å². The number of halogens is 1. The van der Waals surface area contributed by atoms with Crippen molar-refractivity contribution >= 4 is 17.2 Å². The van der Waals surface area contributed by atoms with Gasteiger partial charge in [0.05, 0.1) is 6.04 Å². The van der Waals surface area contributed by atoms with Crippen LogP contribution in [0.1, 0.15) is 48.2 Å². The number of rotatable bonds is 3. The molecule has 1 aromatic heterocycles. The molecule has 1 saturated carbocycles. The lowest BCUT2D eigenvalue weighted by Gasteiger charge is -2.34. The number of thiazole rings is 1. The third-order valence-corrected chi connectivity index (χ3v) is 5.81. The molecular weight excluding hydrogens is 311 g/mol.